The van der Waals surface area contributed by atoms with Gasteiger partial charge in [0.15, 0.2) is 0 Å². The average molecular weight is 316 g/mol. The number of halogens is 4. The van der Waals surface area contributed by atoms with Crippen LogP contribution in [0.25, 0.3) is 11.1 Å². The normalized spacial score (nSPS) is 10.3. The second-order valence-corrected chi connectivity index (χ2v) is 4.94. The molecule has 0 saturated heterocycles. The molecule has 0 radical (unpaired) electrons. The van der Waals surface area contributed by atoms with Crippen molar-refractivity contribution in [3.8, 4) is 17.2 Å². The molecular formula is C13H6Cl3FN2. The van der Waals surface area contributed by atoms with Crippen molar-refractivity contribution in [1.29, 1.82) is 5.26 Å². The van der Waals surface area contributed by atoms with Crippen molar-refractivity contribution in [3.05, 3.63) is 51.0 Å². The quantitative estimate of drug-likeness (QED) is 0.583. The zero-order chi connectivity index (χ0) is 14.0. The topological polar surface area (TPSA) is 36.7 Å². The summed E-state index contributed by atoms with van der Waals surface area (Å²) >= 11 is 17.7. The van der Waals surface area contributed by atoms with Gasteiger partial charge in [-0.05, 0) is 24.3 Å². The van der Waals surface area contributed by atoms with Crippen molar-refractivity contribution < 1.29 is 4.39 Å². The predicted molar refractivity (Wildman–Crippen MR) is 74.0 cm³/mol. The molecular weight excluding hydrogens is 310 g/mol. The second-order valence-electron chi connectivity index (χ2n) is 3.72. The zero-order valence-corrected chi connectivity index (χ0v) is 11.7. The Balaban J connectivity index is 2.54. The minimum absolute atomic E-state index is 0.0479. The summed E-state index contributed by atoms with van der Waals surface area (Å²) < 4.78 is 13.9. The Morgan fingerprint density at radius 2 is 1.74 bits per heavy atom. The summed E-state index contributed by atoms with van der Waals surface area (Å²) in [5, 5.41) is 9.40. The van der Waals surface area contributed by atoms with Crippen LogP contribution in [-0.2, 0) is 6.42 Å². The SMILES string of the molecule is N#CCc1ccc(-c2cc(Cl)c(Cl)cc2Cl)c(F)n1. The molecule has 1 aromatic carbocycles. The van der Waals surface area contributed by atoms with Gasteiger partial charge in [-0.15, -0.1) is 0 Å². The van der Waals surface area contributed by atoms with Gasteiger partial charge in [0.05, 0.1) is 33.3 Å². The van der Waals surface area contributed by atoms with Gasteiger partial charge in [0.1, 0.15) is 0 Å². The van der Waals surface area contributed by atoms with Gasteiger partial charge < -0.3 is 0 Å². The molecule has 0 aliphatic carbocycles. The number of pyridine rings is 1. The molecule has 96 valence electrons. The van der Waals surface area contributed by atoms with Gasteiger partial charge in [-0.25, -0.2) is 4.98 Å². The van der Waals surface area contributed by atoms with Gasteiger partial charge in [-0.1, -0.05) is 34.8 Å². The van der Waals surface area contributed by atoms with E-state index < -0.39 is 5.95 Å². The molecule has 0 unspecified atom stereocenters. The minimum Gasteiger partial charge on any atom is -0.223 e. The van der Waals surface area contributed by atoms with E-state index in [0.717, 1.165) is 0 Å². The summed E-state index contributed by atoms with van der Waals surface area (Å²) in [6.45, 7) is 0. The van der Waals surface area contributed by atoms with E-state index in [2.05, 4.69) is 4.98 Å². The molecule has 2 aromatic rings. The number of nitriles is 1. The predicted octanol–water partition coefficient (Wildman–Crippen LogP) is 4.91. The summed E-state index contributed by atoms with van der Waals surface area (Å²) in [5.74, 6) is -0.701. The molecule has 2 rings (SSSR count). The Morgan fingerprint density at radius 1 is 1.05 bits per heavy atom. The Hall–Kier alpha value is -1.34. The number of hydrogen-bond donors (Lipinski definition) is 0. The first-order valence-electron chi connectivity index (χ1n) is 5.20. The summed E-state index contributed by atoms with van der Waals surface area (Å²) in [7, 11) is 0. The van der Waals surface area contributed by atoms with Crippen molar-refractivity contribution in [2.75, 3.05) is 0 Å². The molecule has 0 atom stereocenters. The standard InChI is InChI=1S/C13H6Cl3FN2/c14-10-6-12(16)11(15)5-9(10)8-2-1-7(3-4-18)19-13(8)17/h1-2,5-6H,3H2. The van der Waals surface area contributed by atoms with Crippen LogP contribution in [0.4, 0.5) is 4.39 Å². The third-order valence-electron chi connectivity index (χ3n) is 2.47. The van der Waals surface area contributed by atoms with E-state index in [1.54, 1.807) is 6.07 Å². The molecule has 0 amide bonds. The van der Waals surface area contributed by atoms with Gasteiger partial charge in [-0.3, -0.25) is 0 Å². The van der Waals surface area contributed by atoms with Crippen molar-refractivity contribution in [2.24, 2.45) is 0 Å². The van der Waals surface area contributed by atoms with E-state index in [-0.39, 0.29) is 22.0 Å². The van der Waals surface area contributed by atoms with Crippen molar-refractivity contribution in [3.63, 3.8) is 0 Å². The van der Waals surface area contributed by atoms with E-state index >= 15 is 0 Å². The molecule has 2 nitrogen and oxygen atoms in total. The largest absolute Gasteiger partial charge is 0.223 e. The zero-order valence-electron chi connectivity index (χ0n) is 9.42. The molecule has 1 aromatic heterocycles. The van der Waals surface area contributed by atoms with Crippen LogP contribution in [-0.4, -0.2) is 4.98 Å². The minimum atomic E-state index is -0.701. The van der Waals surface area contributed by atoms with E-state index in [1.807, 2.05) is 6.07 Å². The fraction of sp³-hybridized carbons (Fsp3) is 0.0769. The lowest BCUT2D eigenvalue weighted by Gasteiger charge is -2.08. The third kappa shape index (κ3) is 2.98. The molecule has 0 bridgehead atoms. The van der Waals surface area contributed by atoms with Crippen LogP contribution in [0, 0.1) is 17.3 Å². The number of aromatic nitrogens is 1. The maximum absolute atomic E-state index is 13.9. The van der Waals surface area contributed by atoms with E-state index in [9.17, 15) is 4.39 Å². The molecule has 6 heteroatoms. The highest BCUT2D eigenvalue weighted by Gasteiger charge is 2.13. The second kappa shape index (κ2) is 5.75. The molecule has 0 aliphatic rings. The lowest BCUT2D eigenvalue weighted by atomic mass is 10.1. The van der Waals surface area contributed by atoms with Crippen molar-refractivity contribution in [1.82, 2.24) is 4.98 Å². The molecule has 0 fully saturated rings. The fourth-order valence-corrected chi connectivity index (χ4v) is 2.23. The Morgan fingerprint density at radius 3 is 2.37 bits per heavy atom. The average Bonchev–Trinajstić information content (AvgIpc) is 2.35. The first-order valence-corrected chi connectivity index (χ1v) is 6.33. The molecule has 0 saturated carbocycles. The number of nitrogens with zero attached hydrogens (tertiary/aromatic N) is 2. The van der Waals surface area contributed by atoms with Crippen LogP contribution in [0.5, 0.6) is 0 Å². The Bertz CT molecular complexity index is 680. The first-order chi connectivity index (χ1) is 9.02. The van der Waals surface area contributed by atoms with Gasteiger partial charge in [0.2, 0.25) is 5.95 Å². The van der Waals surface area contributed by atoms with Crippen molar-refractivity contribution >= 4 is 34.8 Å². The summed E-state index contributed by atoms with van der Waals surface area (Å²) in [6, 6.07) is 7.92. The van der Waals surface area contributed by atoms with Crippen LogP contribution in [0.3, 0.4) is 0 Å². The summed E-state index contributed by atoms with van der Waals surface area (Å²) in [5.41, 5.74) is 0.981. The maximum Gasteiger partial charge on any atom is 0.221 e. The summed E-state index contributed by atoms with van der Waals surface area (Å²) in [6.07, 6.45) is 0.0479. The van der Waals surface area contributed by atoms with Gasteiger partial charge in [0, 0.05) is 11.1 Å². The Kier molecular flexibility index (Phi) is 4.26. The molecule has 1 heterocycles. The fourth-order valence-electron chi connectivity index (χ4n) is 1.58. The van der Waals surface area contributed by atoms with Crippen LogP contribution in [0.1, 0.15) is 5.69 Å². The van der Waals surface area contributed by atoms with Gasteiger partial charge in [-0.2, -0.15) is 9.65 Å². The van der Waals surface area contributed by atoms with Crippen molar-refractivity contribution in [2.45, 2.75) is 6.42 Å². The van der Waals surface area contributed by atoms with E-state index in [4.69, 9.17) is 40.1 Å². The van der Waals surface area contributed by atoms with E-state index in [1.165, 1.54) is 18.2 Å². The van der Waals surface area contributed by atoms with Gasteiger partial charge in [0.25, 0.3) is 0 Å². The van der Waals surface area contributed by atoms with E-state index in [0.29, 0.717) is 16.3 Å². The molecule has 0 aliphatic heterocycles. The molecule has 19 heavy (non-hydrogen) atoms. The monoisotopic (exact) mass is 314 g/mol. The van der Waals surface area contributed by atoms with Crippen LogP contribution in [0.15, 0.2) is 24.3 Å². The van der Waals surface area contributed by atoms with Crippen LogP contribution >= 0.6 is 34.8 Å². The summed E-state index contributed by atoms with van der Waals surface area (Å²) in [4.78, 5) is 3.71. The first kappa shape index (κ1) is 14.1. The lowest BCUT2D eigenvalue weighted by Crippen LogP contribution is -1.95. The highest BCUT2D eigenvalue weighted by Crippen LogP contribution is 2.35. The smallest absolute Gasteiger partial charge is 0.221 e. The number of hydrogen-bond acceptors (Lipinski definition) is 2. The van der Waals surface area contributed by atoms with Crippen LogP contribution < -0.4 is 0 Å². The molecule has 0 N–H and O–H groups in total. The Labute approximate surface area is 124 Å². The van der Waals surface area contributed by atoms with Crippen LogP contribution in [0.2, 0.25) is 15.1 Å². The third-order valence-corrected chi connectivity index (χ3v) is 3.50. The highest BCUT2D eigenvalue weighted by molar-refractivity contribution is 6.44. The number of rotatable bonds is 2. The number of benzene rings is 1. The highest BCUT2D eigenvalue weighted by atomic mass is 35.5. The maximum atomic E-state index is 13.9. The molecule has 0 spiro atoms. The lowest BCUT2D eigenvalue weighted by molar-refractivity contribution is 0.582. The van der Waals surface area contributed by atoms with Gasteiger partial charge >= 0.3 is 0 Å².